The summed E-state index contributed by atoms with van der Waals surface area (Å²) in [6.07, 6.45) is -1.25. The van der Waals surface area contributed by atoms with Crippen LogP contribution in [0.3, 0.4) is 0 Å². The standard InChI is InChI=1S/C10H12F3NS/c1-9(2,15-3)8-6-7(4-5-14-8)10(11,12)13/h4-6H,1-3H3. The summed E-state index contributed by atoms with van der Waals surface area (Å²) in [5.41, 5.74) is -0.195. The van der Waals surface area contributed by atoms with Crippen LogP contribution in [0.15, 0.2) is 18.3 Å². The minimum atomic E-state index is -4.30. The van der Waals surface area contributed by atoms with Gasteiger partial charge in [-0.3, -0.25) is 4.98 Å². The topological polar surface area (TPSA) is 12.9 Å². The van der Waals surface area contributed by atoms with Gasteiger partial charge in [-0.25, -0.2) is 0 Å². The Labute approximate surface area is 91.1 Å². The third-order valence-electron chi connectivity index (χ3n) is 2.21. The average molecular weight is 235 g/mol. The van der Waals surface area contributed by atoms with Gasteiger partial charge in [-0.1, -0.05) is 0 Å². The smallest absolute Gasteiger partial charge is 0.260 e. The van der Waals surface area contributed by atoms with Crippen molar-refractivity contribution >= 4 is 11.8 Å². The molecule has 1 rings (SSSR count). The molecule has 15 heavy (non-hydrogen) atoms. The van der Waals surface area contributed by atoms with Gasteiger partial charge in [-0.05, 0) is 32.2 Å². The Hall–Kier alpha value is -0.710. The predicted octanol–water partition coefficient (Wildman–Crippen LogP) is 3.70. The Kier molecular flexibility index (Phi) is 3.33. The Morgan fingerprint density at radius 3 is 2.33 bits per heavy atom. The Morgan fingerprint density at radius 1 is 1.27 bits per heavy atom. The van der Waals surface area contributed by atoms with Crippen LogP contribution in [0.1, 0.15) is 25.1 Å². The van der Waals surface area contributed by atoms with Crippen molar-refractivity contribution in [3.05, 3.63) is 29.6 Å². The first-order valence-corrected chi connectivity index (χ1v) is 5.59. The molecule has 0 atom stereocenters. The molecule has 0 bridgehead atoms. The fourth-order valence-corrected chi connectivity index (χ4v) is 1.36. The zero-order chi connectivity index (χ0) is 11.7. The third kappa shape index (κ3) is 2.87. The number of halogens is 3. The van der Waals surface area contributed by atoms with Crippen molar-refractivity contribution in [1.82, 2.24) is 4.98 Å². The van der Waals surface area contributed by atoms with Crippen LogP contribution in [0.4, 0.5) is 13.2 Å². The van der Waals surface area contributed by atoms with Crippen LogP contribution in [0.5, 0.6) is 0 Å². The summed E-state index contributed by atoms with van der Waals surface area (Å²) in [6.45, 7) is 3.69. The van der Waals surface area contributed by atoms with Crippen LogP contribution in [-0.2, 0) is 10.9 Å². The minimum Gasteiger partial charge on any atom is -0.260 e. The van der Waals surface area contributed by atoms with Gasteiger partial charge in [0.15, 0.2) is 0 Å². The van der Waals surface area contributed by atoms with E-state index in [9.17, 15) is 13.2 Å². The number of hydrogen-bond acceptors (Lipinski definition) is 2. The van der Waals surface area contributed by atoms with Crippen molar-refractivity contribution in [1.29, 1.82) is 0 Å². The highest BCUT2D eigenvalue weighted by Gasteiger charge is 2.32. The second kappa shape index (κ2) is 4.04. The molecule has 1 heterocycles. The van der Waals surface area contributed by atoms with E-state index >= 15 is 0 Å². The van der Waals surface area contributed by atoms with Gasteiger partial charge in [-0.2, -0.15) is 24.9 Å². The quantitative estimate of drug-likeness (QED) is 0.775. The van der Waals surface area contributed by atoms with E-state index in [2.05, 4.69) is 4.98 Å². The molecule has 1 aromatic heterocycles. The molecule has 0 unspecified atom stereocenters. The molecule has 0 saturated heterocycles. The summed E-state index contributed by atoms with van der Waals surface area (Å²) in [5, 5.41) is 0. The van der Waals surface area contributed by atoms with E-state index in [4.69, 9.17) is 0 Å². The summed E-state index contributed by atoms with van der Waals surface area (Å²) in [6, 6.07) is 2.09. The van der Waals surface area contributed by atoms with Crippen LogP contribution in [0.2, 0.25) is 0 Å². The summed E-state index contributed by atoms with van der Waals surface area (Å²) in [5.74, 6) is 0. The first-order valence-electron chi connectivity index (χ1n) is 4.36. The van der Waals surface area contributed by atoms with Gasteiger partial charge in [0.05, 0.1) is 16.0 Å². The molecule has 0 aromatic carbocycles. The van der Waals surface area contributed by atoms with Gasteiger partial charge in [0.1, 0.15) is 0 Å². The monoisotopic (exact) mass is 235 g/mol. The van der Waals surface area contributed by atoms with Gasteiger partial charge in [0.25, 0.3) is 0 Å². The molecule has 84 valence electrons. The van der Waals surface area contributed by atoms with E-state index in [0.717, 1.165) is 12.1 Å². The molecule has 0 spiro atoms. The van der Waals surface area contributed by atoms with Gasteiger partial charge >= 0.3 is 6.18 Å². The molecule has 0 aliphatic heterocycles. The fraction of sp³-hybridized carbons (Fsp3) is 0.500. The lowest BCUT2D eigenvalue weighted by molar-refractivity contribution is -0.137. The van der Waals surface area contributed by atoms with E-state index in [0.29, 0.717) is 5.69 Å². The summed E-state index contributed by atoms with van der Waals surface area (Å²) in [7, 11) is 0. The highest BCUT2D eigenvalue weighted by molar-refractivity contribution is 7.99. The first-order chi connectivity index (χ1) is 6.77. The maximum atomic E-state index is 12.4. The zero-order valence-electron chi connectivity index (χ0n) is 8.72. The number of thioether (sulfide) groups is 1. The molecular formula is C10H12F3NS. The highest BCUT2D eigenvalue weighted by atomic mass is 32.2. The van der Waals surface area contributed by atoms with Crippen molar-refractivity contribution in [3.8, 4) is 0 Å². The Morgan fingerprint density at radius 2 is 1.87 bits per heavy atom. The molecular weight excluding hydrogens is 223 g/mol. The number of alkyl halides is 3. The number of aromatic nitrogens is 1. The van der Waals surface area contributed by atoms with Crippen molar-refractivity contribution in [2.75, 3.05) is 6.26 Å². The highest BCUT2D eigenvalue weighted by Crippen LogP contribution is 2.35. The fourth-order valence-electron chi connectivity index (χ4n) is 1.04. The van der Waals surface area contributed by atoms with Gasteiger partial charge in [-0.15, -0.1) is 0 Å². The Bertz CT molecular complexity index is 347. The molecule has 0 amide bonds. The molecule has 0 fully saturated rings. The lowest BCUT2D eigenvalue weighted by Gasteiger charge is -2.22. The molecule has 0 aliphatic rings. The summed E-state index contributed by atoms with van der Waals surface area (Å²) < 4.78 is 36.9. The second-order valence-electron chi connectivity index (χ2n) is 3.64. The summed E-state index contributed by atoms with van der Waals surface area (Å²) in [4.78, 5) is 3.97. The summed E-state index contributed by atoms with van der Waals surface area (Å²) >= 11 is 1.47. The number of rotatable bonds is 2. The maximum absolute atomic E-state index is 12.4. The van der Waals surface area contributed by atoms with E-state index < -0.39 is 16.5 Å². The van der Waals surface area contributed by atoms with E-state index in [-0.39, 0.29) is 0 Å². The third-order valence-corrected chi connectivity index (χ3v) is 3.44. The molecule has 0 N–H and O–H groups in total. The molecule has 1 nitrogen and oxygen atoms in total. The van der Waals surface area contributed by atoms with Crippen LogP contribution >= 0.6 is 11.8 Å². The SMILES string of the molecule is CSC(C)(C)c1cc(C(F)(F)F)ccn1. The van der Waals surface area contributed by atoms with Gasteiger partial charge < -0.3 is 0 Å². The molecule has 0 saturated carbocycles. The molecule has 0 radical (unpaired) electrons. The largest absolute Gasteiger partial charge is 0.416 e. The predicted molar refractivity (Wildman–Crippen MR) is 55.8 cm³/mol. The van der Waals surface area contributed by atoms with Crippen molar-refractivity contribution in [2.45, 2.75) is 24.8 Å². The average Bonchev–Trinajstić information content (AvgIpc) is 2.17. The van der Waals surface area contributed by atoms with Crippen molar-refractivity contribution in [2.24, 2.45) is 0 Å². The lowest BCUT2D eigenvalue weighted by atomic mass is 10.1. The van der Waals surface area contributed by atoms with Crippen molar-refractivity contribution in [3.63, 3.8) is 0 Å². The number of nitrogens with zero attached hydrogens (tertiary/aromatic N) is 1. The van der Waals surface area contributed by atoms with Crippen LogP contribution < -0.4 is 0 Å². The van der Waals surface area contributed by atoms with E-state index in [1.54, 1.807) is 0 Å². The van der Waals surface area contributed by atoms with E-state index in [1.807, 2.05) is 20.1 Å². The van der Waals surface area contributed by atoms with E-state index in [1.165, 1.54) is 18.0 Å². The lowest BCUT2D eigenvalue weighted by Crippen LogP contribution is -2.15. The first kappa shape index (κ1) is 12.4. The van der Waals surface area contributed by atoms with Crippen LogP contribution in [0, 0.1) is 0 Å². The number of hydrogen-bond donors (Lipinski definition) is 0. The van der Waals surface area contributed by atoms with Gasteiger partial charge in [0.2, 0.25) is 0 Å². The zero-order valence-corrected chi connectivity index (χ0v) is 9.54. The Balaban J connectivity index is 3.14. The second-order valence-corrected chi connectivity index (χ2v) is 5.07. The molecule has 1 aromatic rings. The molecule has 5 heteroatoms. The number of pyridine rings is 1. The van der Waals surface area contributed by atoms with Crippen molar-refractivity contribution < 1.29 is 13.2 Å². The van der Waals surface area contributed by atoms with Crippen LogP contribution in [-0.4, -0.2) is 11.2 Å². The normalized spacial score (nSPS) is 12.9. The van der Waals surface area contributed by atoms with Gasteiger partial charge in [0, 0.05) is 6.20 Å². The van der Waals surface area contributed by atoms with Crippen LogP contribution in [0.25, 0.3) is 0 Å². The molecule has 0 aliphatic carbocycles. The minimum absolute atomic E-state index is 0.402. The maximum Gasteiger partial charge on any atom is 0.416 e.